The van der Waals surface area contributed by atoms with Crippen molar-refractivity contribution in [3.63, 3.8) is 0 Å². The number of sulfonamides is 1. The van der Waals surface area contributed by atoms with E-state index in [-0.39, 0.29) is 18.5 Å². The highest BCUT2D eigenvalue weighted by Gasteiger charge is 2.19. The fourth-order valence-corrected chi connectivity index (χ4v) is 4.49. The van der Waals surface area contributed by atoms with E-state index in [9.17, 15) is 13.2 Å². The number of nitrogens with zero attached hydrogens (tertiary/aromatic N) is 1. The summed E-state index contributed by atoms with van der Waals surface area (Å²) in [5, 5.41) is 3.02. The zero-order valence-electron chi connectivity index (χ0n) is 18.3. The van der Waals surface area contributed by atoms with Gasteiger partial charge in [-0.05, 0) is 61.7 Å². The van der Waals surface area contributed by atoms with Gasteiger partial charge in [-0.1, -0.05) is 54.1 Å². The third kappa shape index (κ3) is 5.73. The smallest absolute Gasteiger partial charge is 0.251 e. The maximum absolute atomic E-state index is 12.7. The van der Waals surface area contributed by atoms with Gasteiger partial charge in [0.15, 0.2) is 0 Å². The summed E-state index contributed by atoms with van der Waals surface area (Å²) in [7, 11) is -3.48. The number of hydrogen-bond donors (Lipinski definition) is 1. The second kappa shape index (κ2) is 9.35. The number of anilines is 1. The van der Waals surface area contributed by atoms with Crippen LogP contribution in [-0.2, 0) is 16.6 Å². The predicted molar refractivity (Wildman–Crippen MR) is 126 cm³/mol. The predicted octanol–water partition coefficient (Wildman–Crippen LogP) is 4.76. The normalized spacial score (nSPS) is 12.3. The first kappa shape index (κ1) is 22.6. The molecule has 31 heavy (non-hydrogen) atoms. The van der Waals surface area contributed by atoms with Crippen LogP contribution >= 0.6 is 0 Å². The van der Waals surface area contributed by atoms with Crippen molar-refractivity contribution in [2.24, 2.45) is 0 Å². The number of aryl methyl sites for hydroxylation is 2. The zero-order valence-corrected chi connectivity index (χ0v) is 19.1. The van der Waals surface area contributed by atoms with Gasteiger partial charge in [-0.3, -0.25) is 9.10 Å². The Balaban J connectivity index is 1.76. The second-order valence-corrected chi connectivity index (χ2v) is 9.76. The molecule has 0 saturated heterocycles. The van der Waals surface area contributed by atoms with E-state index in [1.807, 2.05) is 63.2 Å². The number of rotatable bonds is 7. The van der Waals surface area contributed by atoms with Crippen LogP contribution in [0, 0.1) is 13.8 Å². The van der Waals surface area contributed by atoms with Crippen LogP contribution in [0.1, 0.15) is 45.6 Å². The summed E-state index contributed by atoms with van der Waals surface area (Å²) in [6.45, 7) is 6.26. The highest BCUT2D eigenvalue weighted by Crippen LogP contribution is 2.23. The first-order valence-electron chi connectivity index (χ1n) is 10.1. The molecule has 0 saturated carbocycles. The molecular formula is C25H28N2O3S. The van der Waals surface area contributed by atoms with Gasteiger partial charge in [0.2, 0.25) is 10.0 Å². The minimum absolute atomic E-state index is 0.140. The summed E-state index contributed by atoms with van der Waals surface area (Å²) in [4.78, 5) is 12.7. The first-order chi connectivity index (χ1) is 14.6. The van der Waals surface area contributed by atoms with Crippen molar-refractivity contribution in [3.8, 4) is 0 Å². The Morgan fingerprint density at radius 3 is 2.19 bits per heavy atom. The number of nitrogens with one attached hydrogen (secondary N) is 1. The Morgan fingerprint density at radius 2 is 1.61 bits per heavy atom. The van der Waals surface area contributed by atoms with E-state index in [4.69, 9.17) is 0 Å². The average Bonchev–Trinajstić information content (AvgIpc) is 2.72. The second-order valence-electron chi connectivity index (χ2n) is 7.86. The maximum Gasteiger partial charge on any atom is 0.251 e. The van der Waals surface area contributed by atoms with Crippen LogP contribution in [0.25, 0.3) is 0 Å². The number of amides is 1. The van der Waals surface area contributed by atoms with Gasteiger partial charge in [-0.2, -0.15) is 0 Å². The van der Waals surface area contributed by atoms with E-state index < -0.39 is 10.0 Å². The lowest BCUT2D eigenvalue weighted by molar-refractivity contribution is 0.0940. The molecule has 0 bridgehead atoms. The van der Waals surface area contributed by atoms with Crippen LogP contribution in [0.15, 0.2) is 72.8 Å². The largest absolute Gasteiger partial charge is 0.346 e. The Bertz CT molecular complexity index is 1160. The van der Waals surface area contributed by atoms with Crippen LogP contribution in [0.4, 0.5) is 5.69 Å². The fraction of sp³-hybridized carbons (Fsp3) is 0.240. The van der Waals surface area contributed by atoms with Crippen LogP contribution in [-0.4, -0.2) is 20.6 Å². The number of carbonyl (C=O) groups is 1. The summed E-state index contributed by atoms with van der Waals surface area (Å²) < 4.78 is 26.1. The summed E-state index contributed by atoms with van der Waals surface area (Å²) in [5.41, 5.74) is 5.27. The SMILES string of the molecule is Cc1ccc([C@H](C)NC(=O)c2ccc(N(Cc3ccccc3)S(C)(=O)=O)cc2)c(C)c1. The molecule has 0 aromatic heterocycles. The summed E-state index contributed by atoms with van der Waals surface area (Å²) in [5.74, 6) is -0.201. The molecular weight excluding hydrogens is 408 g/mol. The minimum Gasteiger partial charge on any atom is -0.346 e. The molecule has 0 spiro atoms. The number of carbonyl (C=O) groups excluding carboxylic acids is 1. The number of hydrogen-bond acceptors (Lipinski definition) is 3. The summed E-state index contributed by atoms with van der Waals surface area (Å²) in [6.07, 6.45) is 1.18. The molecule has 3 aromatic rings. The van der Waals surface area contributed by atoms with Gasteiger partial charge in [0.25, 0.3) is 5.91 Å². The van der Waals surface area contributed by atoms with Crippen molar-refractivity contribution in [1.82, 2.24) is 5.32 Å². The molecule has 0 aliphatic rings. The molecule has 1 atom stereocenters. The first-order valence-corrected chi connectivity index (χ1v) is 12.0. The molecule has 3 aromatic carbocycles. The molecule has 0 heterocycles. The van der Waals surface area contributed by atoms with E-state index in [0.29, 0.717) is 11.3 Å². The quantitative estimate of drug-likeness (QED) is 0.581. The van der Waals surface area contributed by atoms with Crippen molar-refractivity contribution in [2.75, 3.05) is 10.6 Å². The maximum atomic E-state index is 12.7. The Hall–Kier alpha value is -3.12. The van der Waals surface area contributed by atoms with E-state index in [2.05, 4.69) is 11.4 Å². The minimum atomic E-state index is -3.48. The topological polar surface area (TPSA) is 66.5 Å². The third-order valence-electron chi connectivity index (χ3n) is 5.23. The lowest BCUT2D eigenvalue weighted by Crippen LogP contribution is -2.29. The van der Waals surface area contributed by atoms with Gasteiger partial charge in [0.05, 0.1) is 24.5 Å². The van der Waals surface area contributed by atoms with E-state index >= 15 is 0 Å². The molecule has 1 N–H and O–H groups in total. The molecule has 3 rings (SSSR count). The van der Waals surface area contributed by atoms with Crippen molar-refractivity contribution < 1.29 is 13.2 Å². The van der Waals surface area contributed by atoms with Gasteiger partial charge >= 0.3 is 0 Å². The number of benzene rings is 3. The molecule has 0 fully saturated rings. The lowest BCUT2D eigenvalue weighted by Gasteiger charge is -2.23. The zero-order chi connectivity index (χ0) is 22.6. The molecule has 6 heteroatoms. The monoisotopic (exact) mass is 436 g/mol. The molecule has 0 aliphatic heterocycles. The molecule has 0 unspecified atom stereocenters. The Morgan fingerprint density at radius 1 is 0.968 bits per heavy atom. The van der Waals surface area contributed by atoms with E-state index in [1.165, 1.54) is 16.1 Å². The van der Waals surface area contributed by atoms with Crippen molar-refractivity contribution in [3.05, 3.63) is 101 Å². The van der Waals surface area contributed by atoms with Crippen molar-refractivity contribution in [1.29, 1.82) is 0 Å². The van der Waals surface area contributed by atoms with Gasteiger partial charge < -0.3 is 5.32 Å². The summed E-state index contributed by atoms with van der Waals surface area (Å²) in [6, 6.07) is 22.1. The molecule has 162 valence electrons. The lowest BCUT2D eigenvalue weighted by atomic mass is 10.00. The Kier molecular flexibility index (Phi) is 6.81. The van der Waals surface area contributed by atoms with Gasteiger partial charge in [0, 0.05) is 5.56 Å². The van der Waals surface area contributed by atoms with Crippen LogP contribution in [0.3, 0.4) is 0 Å². The molecule has 5 nitrogen and oxygen atoms in total. The van der Waals surface area contributed by atoms with Crippen LogP contribution in [0.2, 0.25) is 0 Å². The fourth-order valence-electron chi connectivity index (χ4n) is 3.60. The van der Waals surface area contributed by atoms with E-state index in [0.717, 1.165) is 16.7 Å². The van der Waals surface area contributed by atoms with Gasteiger partial charge in [0.1, 0.15) is 0 Å². The van der Waals surface area contributed by atoms with Crippen LogP contribution in [0.5, 0.6) is 0 Å². The Labute approximate surface area is 184 Å². The third-order valence-corrected chi connectivity index (χ3v) is 6.37. The standard InChI is InChI=1S/C25H28N2O3S/c1-18-10-15-24(19(2)16-18)20(3)26-25(28)22-11-13-23(14-12-22)27(31(4,29)30)17-21-8-6-5-7-9-21/h5-16,20H,17H2,1-4H3,(H,26,28)/t20-/m0/s1. The summed E-state index contributed by atoms with van der Waals surface area (Å²) >= 11 is 0. The highest BCUT2D eigenvalue weighted by molar-refractivity contribution is 7.92. The van der Waals surface area contributed by atoms with Crippen LogP contribution < -0.4 is 9.62 Å². The average molecular weight is 437 g/mol. The molecule has 0 radical (unpaired) electrons. The molecule has 0 aliphatic carbocycles. The van der Waals surface area contributed by atoms with Crippen molar-refractivity contribution in [2.45, 2.75) is 33.4 Å². The highest BCUT2D eigenvalue weighted by atomic mass is 32.2. The van der Waals surface area contributed by atoms with Gasteiger partial charge in [-0.25, -0.2) is 8.42 Å². The van der Waals surface area contributed by atoms with Crippen molar-refractivity contribution >= 4 is 21.6 Å². The van der Waals surface area contributed by atoms with E-state index in [1.54, 1.807) is 24.3 Å². The molecule has 1 amide bonds. The van der Waals surface area contributed by atoms with Gasteiger partial charge in [-0.15, -0.1) is 0 Å².